The predicted octanol–water partition coefficient (Wildman–Crippen LogP) is 2.80. The van der Waals surface area contributed by atoms with Crippen LogP contribution in [0.5, 0.6) is 11.5 Å². The molecule has 42 heavy (non-hydrogen) atoms. The van der Waals surface area contributed by atoms with Gasteiger partial charge in [-0.25, -0.2) is 9.97 Å². The number of amides is 2. The van der Waals surface area contributed by atoms with Crippen LogP contribution in [0.25, 0.3) is 10.1 Å². The fourth-order valence-electron chi connectivity index (χ4n) is 5.76. The van der Waals surface area contributed by atoms with Gasteiger partial charge in [-0.05, 0) is 49.1 Å². The van der Waals surface area contributed by atoms with Crippen LogP contribution in [0, 0.1) is 0 Å². The number of nitrogen functional groups attached to an aromatic ring is 1. The van der Waals surface area contributed by atoms with Crippen molar-refractivity contribution in [3.63, 3.8) is 0 Å². The number of ether oxygens (including phenoxy) is 1. The third-order valence-corrected chi connectivity index (χ3v) is 9.08. The van der Waals surface area contributed by atoms with Crippen LogP contribution >= 0.6 is 11.3 Å². The van der Waals surface area contributed by atoms with E-state index in [0.29, 0.717) is 44.8 Å². The lowest BCUT2D eigenvalue weighted by Crippen LogP contribution is -2.53. The average Bonchev–Trinajstić information content (AvgIpc) is 3.61. The van der Waals surface area contributed by atoms with Crippen molar-refractivity contribution in [3.05, 3.63) is 89.3 Å². The minimum atomic E-state index is -1.79. The molecule has 0 radical (unpaired) electrons. The molecule has 0 saturated heterocycles. The minimum Gasteiger partial charge on any atom is -0.454 e. The number of ketones is 1. The number of hydrogen-bond acceptors (Lipinski definition) is 10. The molecule has 2 aromatic carbocycles. The smallest absolute Gasteiger partial charge is 0.262 e. The molecule has 2 amide bonds. The molecule has 2 aromatic heterocycles. The minimum absolute atomic E-state index is 0.0454. The van der Waals surface area contributed by atoms with Gasteiger partial charge < -0.3 is 32.6 Å². The Morgan fingerprint density at radius 3 is 2.43 bits per heavy atom. The number of carbonyl (C=O) groups excluding carboxylic acids is 3. The third kappa shape index (κ3) is 4.49. The molecule has 1 saturated carbocycles. The quantitative estimate of drug-likeness (QED) is 0.161. The van der Waals surface area contributed by atoms with Crippen LogP contribution in [-0.4, -0.2) is 39.6 Å². The highest BCUT2D eigenvalue weighted by Gasteiger charge is 2.50. The number of benzene rings is 2. The molecule has 6 rings (SSSR count). The van der Waals surface area contributed by atoms with Crippen molar-refractivity contribution >= 4 is 44.7 Å². The molecule has 2 unspecified atom stereocenters. The number of nitrogens with one attached hydrogen (secondary N) is 2. The summed E-state index contributed by atoms with van der Waals surface area (Å²) in [6.45, 7) is 3.50. The maximum atomic E-state index is 14.0. The Balaban J connectivity index is 1.37. The molecule has 1 fully saturated rings. The van der Waals surface area contributed by atoms with Crippen molar-refractivity contribution < 1.29 is 19.1 Å². The molecule has 2 aliphatic carbocycles. The van der Waals surface area contributed by atoms with Crippen LogP contribution in [0.2, 0.25) is 0 Å². The molecule has 214 valence electrons. The summed E-state index contributed by atoms with van der Waals surface area (Å²) in [7, 11) is 0. The maximum absolute atomic E-state index is 14.0. The van der Waals surface area contributed by atoms with Crippen LogP contribution < -0.4 is 32.6 Å². The van der Waals surface area contributed by atoms with Crippen LogP contribution in [-0.2, 0) is 15.1 Å². The first kappa shape index (κ1) is 27.5. The van der Waals surface area contributed by atoms with Gasteiger partial charge in [-0.1, -0.05) is 30.8 Å². The van der Waals surface area contributed by atoms with Crippen LogP contribution in [0.4, 0.5) is 5.69 Å². The summed E-state index contributed by atoms with van der Waals surface area (Å²) < 4.78 is 6.38. The lowest BCUT2D eigenvalue weighted by Gasteiger charge is -2.34. The zero-order chi connectivity index (χ0) is 29.6. The Bertz CT molecular complexity index is 1720. The van der Waals surface area contributed by atoms with Crippen molar-refractivity contribution in [2.24, 2.45) is 11.5 Å². The van der Waals surface area contributed by atoms with Crippen molar-refractivity contribution in [1.29, 1.82) is 0 Å². The maximum Gasteiger partial charge on any atom is 0.262 e. The van der Waals surface area contributed by atoms with E-state index >= 15 is 0 Å². The molecule has 11 nitrogen and oxygen atoms in total. The second-order valence-electron chi connectivity index (χ2n) is 10.4. The Labute approximate surface area is 245 Å². The monoisotopic (exact) mass is 583 g/mol. The number of carbonyl (C=O) groups is 3. The molecule has 8 N–H and O–H groups in total. The highest BCUT2D eigenvalue weighted by molar-refractivity contribution is 7.21. The molecule has 0 bridgehead atoms. The SMILES string of the molecule is C=CC(=O)N[C@H]1CCC[C@H]1NC(=O)c1sc2c(N)ccc3c2c1C(N)C(=O)C3(N)c1ncc(Oc2ccccc2)cn1. The second kappa shape index (κ2) is 10.6. The summed E-state index contributed by atoms with van der Waals surface area (Å²) in [6.07, 6.45) is 6.36. The van der Waals surface area contributed by atoms with E-state index in [0.717, 1.165) is 24.2 Å². The molecule has 2 aliphatic rings. The molecule has 12 heteroatoms. The molecule has 0 spiro atoms. The molecule has 0 aliphatic heterocycles. The summed E-state index contributed by atoms with van der Waals surface area (Å²) in [4.78, 5) is 48.6. The van der Waals surface area contributed by atoms with Crippen molar-refractivity contribution in [2.45, 2.75) is 42.9 Å². The number of anilines is 1. The summed E-state index contributed by atoms with van der Waals surface area (Å²) in [5.41, 5.74) is 19.2. The fourth-order valence-corrected chi connectivity index (χ4v) is 6.96. The molecular weight excluding hydrogens is 554 g/mol. The van der Waals surface area contributed by atoms with Crippen LogP contribution in [0.3, 0.4) is 0 Å². The van der Waals surface area contributed by atoms with E-state index in [4.69, 9.17) is 21.9 Å². The molecular formula is C30H29N7O4S. The van der Waals surface area contributed by atoms with E-state index in [2.05, 4.69) is 27.2 Å². The van der Waals surface area contributed by atoms with Gasteiger partial charge in [-0.15, -0.1) is 11.3 Å². The van der Waals surface area contributed by atoms with Crippen molar-refractivity contribution in [1.82, 2.24) is 20.6 Å². The van der Waals surface area contributed by atoms with Crippen molar-refractivity contribution in [3.8, 4) is 11.5 Å². The fraction of sp³-hybridized carbons (Fsp3) is 0.233. The number of thiophene rings is 1. The number of hydrogen-bond donors (Lipinski definition) is 5. The summed E-state index contributed by atoms with van der Waals surface area (Å²) in [5.74, 6) is -0.232. The second-order valence-corrected chi connectivity index (χ2v) is 11.4. The van der Waals surface area contributed by atoms with Gasteiger partial charge in [0.15, 0.2) is 22.9 Å². The van der Waals surface area contributed by atoms with E-state index < -0.39 is 23.3 Å². The zero-order valence-electron chi connectivity index (χ0n) is 22.5. The summed E-state index contributed by atoms with van der Waals surface area (Å²) in [5, 5.41) is 6.46. The Morgan fingerprint density at radius 2 is 1.74 bits per heavy atom. The highest BCUT2D eigenvalue weighted by atomic mass is 32.1. The van der Waals surface area contributed by atoms with Gasteiger partial charge in [0.2, 0.25) is 5.91 Å². The zero-order valence-corrected chi connectivity index (χ0v) is 23.3. The first-order valence-electron chi connectivity index (χ1n) is 13.5. The van der Waals surface area contributed by atoms with Crippen LogP contribution in [0.1, 0.15) is 51.9 Å². The predicted molar refractivity (Wildman–Crippen MR) is 159 cm³/mol. The number of rotatable bonds is 7. The number of para-hydroxylation sites is 1. The van der Waals surface area contributed by atoms with Crippen molar-refractivity contribution in [2.75, 3.05) is 5.73 Å². The van der Waals surface area contributed by atoms with E-state index in [1.54, 1.807) is 24.3 Å². The number of nitrogens with zero attached hydrogens (tertiary/aromatic N) is 2. The third-order valence-electron chi connectivity index (χ3n) is 7.82. The van der Waals surface area contributed by atoms with Gasteiger partial charge >= 0.3 is 0 Å². The van der Waals surface area contributed by atoms with E-state index in [-0.39, 0.29) is 28.7 Å². The largest absolute Gasteiger partial charge is 0.454 e. The highest BCUT2D eigenvalue weighted by Crippen LogP contribution is 2.49. The average molecular weight is 584 g/mol. The first-order chi connectivity index (χ1) is 20.2. The van der Waals surface area contributed by atoms with Gasteiger partial charge in [0.25, 0.3) is 5.91 Å². The summed E-state index contributed by atoms with van der Waals surface area (Å²) in [6, 6.07) is 10.7. The molecule has 2 heterocycles. The van der Waals surface area contributed by atoms with Gasteiger partial charge in [0.05, 0.1) is 28.0 Å². The van der Waals surface area contributed by atoms with Gasteiger partial charge in [-0.2, -0.15) is 0 Å². The van der Waals surface area contributed by atoms with E-state index in [1.165, 1.54) is 18.5 Å². The first-order valence-corrected chi connectivity index (χ1v) is 14.3. The molecule has 4 aromatic rings. The Kier molecular flexibility index (Phi) is 6.97. The van der Waals surface area contributed by atoms with E-state index in [9.17, 15) is 14.4 Å². The normalized spacial score (nSPS) is 23.0. The lowest BCUT2D eigenvalue weighted by molar-refractivity contribution is -0.125. The molecule has 4 atom stereocenters. The van der Waals surface area contributed by atoms with Gasteiger partial charge in [-0.3, -0.25) is 14.4 Å². The van der Waals surface area contributed by atoms with Gasteiger partial charge in [0, 0.05) is 28.7 Å². The standard InChI is InChI=1S/C30H29N7O4S/c1-2-21(38)36-19-9-6-10-20(19)37-28(40)26-23-22-17(11-12-18(31)25(22)42-26)30(33,27(39)24(23)32)29-34-13-16(14-35-29)41-15-7-4-3-5-8-15/h2-5,7-8,11-14,19-20,24H,1,6,9-10,31-33H2,(H,36,38)(H,37,40)/t19-,20+,24?,30?/m0/s1. The van der Waals surface area contributed by atoms with E-state index in [1.807, 2.05) is 18.2 Å². The number of aromatic nitrogens is 2. The number of Topliss-reactive ketones (excluding diaryl/α,β-unsaturated/α-hetero) is 1. The lowest BCUT2D eigenvalue weighted by atomic mass is 9.73. The topological polar surface area (TPSA) is 188 Å². The Morgan fingerprint density at radius 1 is 1.05 bits per heavy atom. The summed E-state index contributed by atoms with van der Waals surface area (Å²) >= 11 is 1.16. The Hall–Kier alpha value is -4.65. The van der Waals surface area contributed by atoms with Gasteiger partial charge in [0.1, 0.15) is 5.75 Å². The number of nitrogens with two attached hydrogens (primary N) is 3. The van der Waals surface area contributed by atoms with Crippen LogP contribution in [0.15, 0.2) is 67.5 Å².